The third kappa shape index (κ3) is 2.00. The number of hydrogen-bond acceptors (Lipinski definition) is 2. The fourth-order valence-electron chi connectivity index (χ4n) is 2.38. The molecule has 1 aromatic heterocycles. The Labute approximate surface area is 100 Å². The van der Waals surface area contributed by atoms with Gasteiger partial charge in [-0.2, -0.15) is 0 Å². The molecule has 0 spiro atoms. The van der Waals surface area contributed by atoms with Gasteiger partial charge in [0.1, 0.15) is 0 Å². The van der Waals surface area contributed by atoms with Gasteiger partial charge in [-0.15, -0.1) is 11.3 Å². The summed E-state index contributed by atoms with van der Waals surface area (Å²) >= 11 is 1.84. The first-order valence-corrected chi connectivity index (χ1v) is 6.88. The number of thiophene rings is 1. The molecule has 0 radical (unpaired) electrons. The Balaban J connectivity index is 1.81. The van der Waals surface area contributed by atoms with Crippen LogP contribution in [0.5, 0.6) is 0 Å². The van der Waals surface area contributed by atoms with Crippen molar-refractivity contribution in [3.63, 3.8) is 0 Å². The largest absolute Gasteiger partial charge is 0.316 e. The predicted octanol–water partition coefficient (Wildman–Crippen LogP) is 3.44. The molecule has 84 valence electrons. The average molecular weight is 231 g/mol. The minimum absolute atomic E-state index is 0.678. The zero-order chi connectivity index (χ0) is 11.0. The van der Waals surface area contributed by atoms with Crippen molar-refractivity contribution in [2.75, 3.05) is 7.05 Å². The molecule has 16 heavy (non-hydrogen) atoms. The van der Waals surface area contributed by atoms with E-state index in [1.807, 2.05) is 11.3 Å². The highest BCUT2D eigenvalue weighted by Gasteiger charge is 2.29. The van der Waals surface area contributed by atoms with Gasteiger partial charge in [0, 0.05) is 10.7 Å². The first-order chi connectivity index (χ1) is 7.86. The lowest BCUT2D eigenvalue weighted by Crippen LogP contribution is -2.29. The van der Waals surface area contributed by atoms with Crippen molar-refractivity contribution >= 4 is 21.4 Å². The van der Waals surface area contributed by atoms with Gasteiger partial charge in [0.2, 0.25) is 0 Å². The maximum Gasteiger partial charge on any atom is 0.0345 e. The van der Waals surface area contributed by atoms with Crippen LogP contribution in [0.1, 0.15) is 18.4 Å². The molecule has 1 heterocycles. The van der Waals surface area contributed by atoms with E-state index in [0.29, 0.717) is 6.04 Å². The third-order valence-electron chi connectivity index (χ3n) is 3.54. The summed E-state index contributed by atoms with van der Waals surface area (Å²) < 4.78 is 1.42. The number of fused-ring (bicyclic) bond motifs is 1. The molecule has 3 rings (SSSR count). The lowest BCUT2D eigenvalue weighted by atomic mass is 10.0. The van der Waals surface area contributed by atoms with Crippen LogP contribution in [0.2, 0.25) is 0 Å². The number of nitrogens with one attached hydrogen (secondary N) is 1. The quantitative estimate of drug-likeness (QED) is 0.850. The molecule has 1 unspecified atom stereocenters. The summed E-state index contributed by atoms with van der Waals surface area (Å²) in [7, 11) is 2.09. The van der Waals surface area contributed by atoms with E-state index in [4.69, 9.17) is 0 Å². The molecule has 1 aliphatic carbocycles. The van der Waals surface area contributed by atoms with Gasteiger partial charge in [0.25, 0.3) is 0 Å². The number of rotatable bonds is 4. The number of benzene rings is 1. The predicted molar refractivity (Wildman–Crippen MR) is 71.1 cm³/mol. The molecule has 1 fully saturated rings. The van der Waals surface area contributed by atoms with Crippen LogP contribution in [0.4, 0.5) is 0 Å². The lowest BCUT2D eigenvalue weighted by Gasteiger charge is -2.15. The van der Waals surface area contributed by atoms with Crippen LogP contribution < -0.4 is 5.32 Å². The second kappa shape index (κ2) is 4.19. The van der Waals surface area contributed by atoms with Crippen molar-refractivity contribution in [1.29, 1.82) is 0 Å². The maximum atomic E-state index is 3.46. The molecule has 1 aromatic carbocycles. The molecule has 0 saturated heterocycles. The Morgan fingerprint density at radius 1 is 1.38 bits per heavy atom. The standard InChI is InChI=1S/C14H17NS/c1-15-13(11-4-5-11)8-10-2-3-12-6-7-16-14(12)9-10/h2-3,6-7,9,11,13,15H,4-5,8H2,1H3. The second-order valence-electron chi connectivity index (χ2n) is 4.73. The number of likely N-dealkylation sites (N-methyl/N-ethyl adjacent to an activating group) is 1. The van der Waals surface area contributed by atoms with Crippen molar-refractivity contribution in [2.24, 2.45) is 5.92 Å². The van der Waals surface area contributed by atoms with E-state index in [2.05, 4.69) is 42.0 Å². The van der Waals surface area contributed by atoms with Gasteiger partial charge in [0.05, 0.1) is 0 Å². The molecule has 0 aliphatic heterocycles. The molecule has 1 aliphatic rings. The van der Waals surface area contributed by atoms with E-state index >= 15 is 0 Å². The smallest absolute Gasteiger partial charge is 0.0345 e. The topological polar surface area (TPSA) is 12.0 Å². The van der Waals surface area contributed by atoms with Crippen molar-refractivity contribution in [1.82, 2.24) is 5.32 Å². The van der Waals surface area contributed by atoms with Crippen molar-refractivity contribution in [3.8, 4) is 0 Å². The first-order valence-electron chi connectivity index (χ1n) is 6.00. The fraction of sp³-hybridized carbons (Fsp3) is 0.429. The monoisotopic (exact) mass is 231 g/mol. The minimum Gasteiger partial charge on any atom is -0.316 e. The van der Waals surface area contributed by atoms with Crippen LogP contribution in [0, 0.1) is 5.92 Å². The van der Waals surface area contributed by atoms with E-state index in [1.54, 1.807) is 0 Å². The summed E-state index contributed by atoms with van der Waals surface area (Å²) in [4.78, 5) is 0. The van der Waals surface area contributed by atoms with Gasteiger partial charge in [-0.3, -0.25) is 0 Å². The van der Waals surface area contributed by atoms with Gasteiger partial charge < -0.3 is 5.32 Å². The van der Waals surface area contributed by atoms with Crippen molar-refractivity contribution < 1.29 is 0 Å². The van der Waals surface area contributed by atoms with Gasteiger partial charge in [-0.1, -0.05) is 12.1 Å². The van der Waals surface area contributed by atoms with Crippen LogP contribution in [-0.2, 0) is 6.42 Å². The lowest BCUT2D eigenvalue weighted by molar-refractivity contribution is 0.501. The Morgan fingerprint density at radius 2 is 2.25 bits per heavy atom. The van der Waals surface area contributed by atoms with Crippen LogP contribution in [-0.4, -0.2) is 13.1 Å². The normalized spacial score (nSPS) is 17.8. The van der Waals surface area contributed by atoms with E-state index in [0.717, 1.165) is 5.92 Å². The van der Waals surface area contributed by atoms with E-state index < -0.39 is 0 Å². The Bertz CT molecular complexity index is 484. The van der Waals surface area contributed by atoms with Crippen molar-refractivity contribution in [2.45, 2.75) is 25.3 Å². The Hall–Kier alpha value is -0.860. The molecule has 2 aromatic rings. The van der Waals surface area contributed by atoms with Crippen LogP contribution in [0.15, 0.2) is 29.6 Å². The van der Waals surface area contributed by atoms with Gasteiger partial charge >= 0.3 is 0 Å². The molecular formula is C14H17NS. The molecular weight excluding hydrogens is 214 g/mol. The van der Waals surface area contributed by atoms with Crippen LogP contribution in [0.3, 0.4) is 0 Å². The molecule has 1 nitrogen and oxygen atoms in total. The van der Waals surface area contributed by atoms with Gasteiger partial charge in [-0.05, 0) is 60.7 Å². The third-order valence-corrected chi connectivity index (χ3v) is 4.42. The molecule has 1 saturated carbocycles. The van der Waals surface area contributed by atoms with E-state index in [-0.39, 0.29) is 0 Å². The van der Waals surface area contributed by atoms with Crippen LogP contribution in [0.25, 0.3) is 10.1 Å². The average Bonchev–Trinajstić information content (AvgIpc) is 3.04. The second-order valence-corrected chi connectivity index (χ2v) is 5.68. The van der Waals surface area contributed by atoms with E-state index in [1.165, 1.54) is 34.9 Å². The maximum absolute atomic E-state index is 3.46. The fourth-order valence-corrected chi connectivity index (χ4v) is 3.24. The van der Waals surface area contributed by atoms with Crippen molar-refractivity contribution in [3.05, 3.63) is 35.2 Å². The molecule has 1 N–H and O–H groups in total. The molecule has 1 atom stereocenters. The summed E-state index contributed by atoms with van der Waals surface area (Å²) in [5.74, 6) is 0.920. The first kappa shape index (κ1) is 10.3. The van der Waals surface area contributed by atoms with E-state index in [9.17, 15) is 0 Å². The van der Waals surface area contributed by atoms with Gasteiger partial charge in [-0.25, -0.2) is 0 Å². The molecule has 2 heteroatoms. The summed E-state index contributed by atoms with van der Waals surface area (Å²) in [6.45, 7) is 0. The van der Waals surface area contributed by atoms with Gasteiger partial charge in [0.15, 0.2) is 0 Å². The highest BCUT2D eigenvalue weighted by molar-refractivity contribution is 7.17. The zero-order valence-corrected chi connectivity index (χ0v) is 10.4. The highest BCUT2D eigenvalue weighted by atomic mass is 32.1. The number of hydrogen-bond donors (Lipinski definition) is 1. The molecule has 0 amide bonds. The summed E-state index contributed by atoms with van der Waals surface area (Å²) in [5, 5.41) is 7.01. The SMILES string of the molecule is CNC(Cc1ccc2ccsc2c1)C1CC1. The molecule has 0 bridgehead atoms. The summed E-state index contributed by atoms with van der Waals surface area (Å²) in [5.41, 5.74) is 1.47. The summed E-state index contributed by atoms with van der Waals surface area (Å²) in [6, 6.07) is 9.76. The Morgan fingerprint density at radius 3 is 3.00 bits per heavy atom. The highest BCUT2D eigenvalue weighted by Crippen LogP contribution is 2.34. The summed E-state index contributed by atoms with van der Waals surface area (Å²) in [6.07, 6.45) is 3.99. The minimum atomic E-state index is 0.678. The Kier molecular flexibility index (Phi) is 2.70. The zero-order valence-electron chi connectivity index (χ0n) is 9.57. The van der Waals surface area contributed by atoms with Crippen LogP contribution >= 0.6 is 11.3 Å².